The predicted octanol–water partition coefficient (Wildman–Crippen LogP) is 10.8. The molecule has 0 aliphatic heterocycles. The third-order valence-electron chi connectivity index (χ3n) is 9.60. The summed E-state index contributed by atoms with van der Waals surface area (Å²) in [5.41, 5.74) is 12.0. The van der Waals surface area contributed by atoms with Crippen LogP contribution in [0.5, 0.6) is 0 Å². The minimum atomic E-state index is 0.579. The van der Waals surface area contributed by atoms with Crippen molar-refractivity contribution in [2.75, 3.05) is 0 Å². The van der Waals surface area contributed by atoms with Crippen molar-refractivity contribution in [3.05, 3.63) is 168 Å². The summed E-state index contributed by atoms with van der Waals surface area (Å²) < 4.78 is 4.48. The number of fused-ring (bicyclic) bond motifs is 6. The molecule has 9 rings (SSSR count). The first-order chi connectivity index (χ1) is 24.6. The fraction of sp³-hybridized carbons (Fsp3) is 0. The summed E-state index contributed by atoms with van der Waals surface area (Å²) in [6.45, 7) is 0. The number of rotatable bonds is 4. The molecule has 0 radical (unpaired) electrons. The van der Waals surface area contributed by atoms with E-state index in [2.05, 4.69) is 130 Å². The minimum absolute atomic E-state index is 0.579. The summed E-state index contributed by atoms with van der Waals surface area (Å²) in [5, 5.41) is 33.3. The van der Waals surface area contributed by atoms with E-state index in [9.17, 15) is 15.8 Å². The molecule has 0 bridgehead atoms. The molecule has 0 saturated heterocycles. The summed E-state index contributed by atoms with van der Waals surface area (Å²) in [6.07, 6.45) is 0. The number of aromatic nitrogens is 2. The molecule has 0 unspecified atom stereocenters. The van der Waals surface area contributed by atoms with Gasteiger partial charge in [0.25, 0.3) is 0 Å². The molecule has 0 aliphatic carbocycles. The van der Waals surface area contributed by atoms with Crippen molar-refractivity contribution >= 4 is 43.6 Å². The lowest BCUT2D eigenvalue weighted by molar-refractivity contribution is 1.18. The van der Waals surface area contributed by atoms with E-state index in [0.29, 0.717) is 16.7 Å². The Morgan fingerprint density at radius 2 is 0.880 bits per heavy atom. The van der Waals surface area contributed by atoms with Crippen molar-refractivity contribution in [2.24, 2.45) is 0 Å². The molecule has 9 aromatic rings. The van der Waals surface area contributed by atoms with Crippen molar-refractivity contribution in [2.45, 2.75) is 0 Å². The number of hydrogen-bond donors (Lipinski definition) is 0. The van der Waals surface area contributed by atoms with Gasteiger partial charge < -0.3 is 9.13 Å². The van der Waals surface area contributed by atoms with E-state index in [-0.39, 0.29) is 0 Å². The molecule has 230 valence electrons. The summed E-state index contributed by atoms with van der Waals surface area (Å²) in [6, 6.07) is 58.0. The number of benzene rings is 7. The molecule has 0 aliphatic rings. The molecule has 0 spiro atoms. The smallest absolute Gasteiger partial charge is 0.0991 e. The second kappa shape index (κ2) is 11.4. The highest BCUT2D eigenvalue weighted by Crippen LogP contribution is 2.38. The zero-order chi connectivity index (χ0) is 33.8. The number of para-hydroxylation sites is 2. The Bertz CT molecular complexity index is 2830. The van der Waals surface area contributed by atoms with E-state index < -0.39 is 0 Å². The summed E-state index contributed by atoms with van der Waals surface area (Å²) in [7, 11) is 0. The molecule has 5 heteroatoms. The van der Waals surface area contributed by atoms with Crippen LogP contribution in [-0.4, -0.2) is 9.13 Å². The SMILES string of the molecule is N#Cc1ccc(-n2c3ccccc3c3ccccc32)c(-c2cccc(-c3ccc(-n4c5ccc(C#N)cc5c5cc(C#N)ccc54)cc3)c2)c1. The Hall–Kier alpha value is -7.39. The number of nitriles is 3. The third-order valence-corrected chi connectivity index (χ3v) is 9.60. The van der Waals surface area contributed by atoms with Crippen molar-refractivity contribution in [1.82, 2.24) is 9.13 Å². The van der Waals surface area contributed by atoms with E-state index in [0.717, 1.165) is 66.5 Å². The first kappa shape index (κ1) is 28.8. The molecule has 5 nitrogen and oxygen atoms in total. The van der Waals surface area contributed by atoms with Crippen LogP contribution in [0.2, 0.25) is 0 Å². The van der Waals surface area contributed by atoms with Crippen LogP contribution in [0.3, 0.4) is 0 Å². The van der Waals surface area contributed by atoms with Gasteiger partial charge in [-0.1, -0.05) is 66.7 Å². The Balaban J connectivity index is 1.17. The molecule has 2 aromatic heterocycles. The maximum Gasteiger partial charge on any atom is 0.0991 e. The zero-order valence-corrected chi connectivity index (χ0v) is 26.7. The molecule has 50 heavy (non-hydrogen) atoms. The molecule has 0 fully saturated rings. The standard InChI is InChI=1S/C45H25N5/c46-26-29-12-19-43(50-41-10-3-1-8-36(41)37-9-2-4-11-42(37)50)38(22-29)34-7-5-6-33(25-34)32-15-17-35(18-16-32)49-44-20-13-30(27-47)23-39(44)40-24-31(28-48)14-21-45(40)49/h1-25H. The van der Waals surface area contributed by atoms with Gasteiger partial charge in [-0.3, -0.25) is 0 Å². The average molecular weight is 636 g/mol. The van der Waals surface area contributed by atoms with Gasteiger partial charge in [0.1, 0.15) is 0 Å². The molecule has 0 N–H and O–H groups in total. The van der Waals surface area contributed by atoms with Crippen molar-refractivity contribution in [3.8, 4) is 51.8 Å². The van der Waals surface area contributed by atoms with E-state index in [4.69, 9.17) is 0 Å². The molecular weight excluding hydrogens is 611 g/mol. The quantitative estimate of drug-likeness (QED) is 0.193. The lowest BCUT2D eigenvalue weighted by Gasteiger charge is -2.15. The van der Waals surface area contributed by atoms with Crippen LogP contribution in [0.1, 0.15) is 16.7 Å². The van der Waals surface area contributed by atoms with Crippen molar-refractivity contribution in [1.29, 1.82) is 15.8 Å². The highest BCUT2D eigenvalue weighted by atomic mass is 15.0. The molecular formula is C45H25N5. The maximum atomic E-state index is 9.91. The monoisotopic (exact) mass is 635 g/mol. The zero-order valence-electron chi connectivity index (χ0n) is 26.7. The van der Waals surface area contributed by atoms with Gasteiger partial charge in [0.2, 0.25) is 0 Å². The second-order valence-corrected chi connectivity index (χ2v) is 12.4. The maximum absolute atomic E-state index is 9.91. The fourth-order valence-corrected chi connectivity index (χ4v) is 7.32. The van der Waals surface area contributed by atoms with Crippen LogP contribution in [0.15, 0.2) is 152 Å². The van der Waals surface area contributed by atoms with Gasteiger partial charge in [0.15, 0.2) is 0 Å². The summed E-state index contributed by atoms with van der Waals surface area (Å²) in [4.78, 5) is 0. The van der Waals surface area contributed by atoms with Crippen LogP contribution >= 0.6 is 0 Å². The lowest BCUT2D eigenvalue weighted by atomic mass is 9.96. The van der Waals surface area contributed by atoms with E-state index >= 15 is 0 Å². The van der Waals surface area contributed by atoms with E-state index in [1.807, 2.05) is 48.5 Å². The van der Waals surface area contributed by atoms with Crippen LogP contribution in [-0.2, 0) is 0 Å². The van der Waals surface area contributed by atoms with Crippen LogP contribution < -0.4 is 0 Å². The topological polar surface area (TPSA) is 81.2 Å². The summed E-state index contributed by atoms with van der Waals surface area (Å²) >= 11 is 0. The highest BCUT2D eigenvalue weighted by Gasteiger charge is 2.17. The third kappa shape index (κ3) is 4.45. The predicted molar refractivity (Wildman–Crippen MR) is 200 cm³/mol. The number of hydrogen-bond acceptors (Lipinski definition) is 3. The molecule has 2 heterocycles. The second-order valence-electron chi connectivity index (χ2n) is 12.4. The van der Waals surface area contributed by atoms with Crippen molar-refractivity contribution in [3.63, 3.8) is 0 Å². The highest BCUT2D eigenvalue weighted by molar-refractivity contribution is 6.11. The van der Waals surface area contributed by atoms with Crippen molar-refractivity contribution < 1.29 is 0 Å². The number of nitrogens with zero attached hydrogens (tertiary/aromatic N) is 5. The first-order valence-electron chi connectivity index (χ1n) is 16.3. The summed E-state index contributed by atoms with van der Waals surface area (Å²) in [5.74, 6) is 0. The van der Waals surface area contributed by atoms with Gasteiger partial charge in [0.05, 0.1) is 62.7 Å². The van der Waals surface area contributed by atoms with Crippen LogP contribution in [0, 0.1) is 34.0 Å². The van der Waals surface area contributed by atoms with Gasteiger partial charge in [-0.05, 0) is 102 Å². The van der Waals surface area contributed by atoms with Gasteiger partial charge in [-0.2, -0.15) is 15.8 Å². The molecule has 7 aromatic carbocycles. The minimum Gasteiger partial charge on any atom is -0.309 e. The van der Waals surface area contributed by atoms with Gasteiger partial charge >= 0.3 is 0 Å². The largest absolute Gasteiger partial charge is 0.309 e. The van der Waals surface area contributed by atoms with E-state index in [1.165, 1.54) is 10.8 Å². The lowest BCUT2D eigenvalue weighted by Crippen LogP contribution is -1.98. The normalized spacial score (nSPS) is 11.1. The Kier molecular flexibility index (Phi) is 6.56. The Morgan fingerprint density at radius 1 is 0.360 bits per heavy atom. The molecule has 0 amide bonds. The van der Waals surface area contributed by atoms with E-state index in [1.54, 1.807) is 0 Å². The average Bonchev–Trinajstić information content (AvgIpc) is 3.69. The van der Waals surface area contributed by atoms with Gasteiger partial charge in [-0.25, -0.2) is 0 Å². The Morgan fingerprint density at radius 3 is 1.48 bits per heavy atom. The van der Waals surface area contributed by atoms with Crippen LogP contribution in [0.25, 0.3) is 77.2 Å². The van der Waals surface area contributed by atoms with Gasteiger partial charge in [0, 0.05) is 32.8 Å². The molecule has 0 atom stereocenters. The van der Waals surface area contributed by atoms with Gasteiger partial charge in [-0.15, -0.1) is 0 Å². The Labute approximate surface area is 287 Å². The first-order valence-corrected chi connectivity index (χ1v) is 16.3. The fourth-order valence-electron chi connectivity index (χ4n) is 7.32. The molecule has 0 saturated carbocycles. The van der Waals surface area contributed by atoms with Crippen LogP contribution in [0.4, 0.5) is 0 Å².